The molecule has 0 aliphatic heterocycles. The fraction of sp³-hybridized carbons (Fsp3) is 0.556. The Morgan fingerprint density at radius 3 is 2.90 bits per heavy atom. The second kappa shape index (κ2) is 3.77. The maximum Gasteiger partial charge on any atom is -0.00612 e. The lowest BCUT2D eigenvalue weighted by atomic mass is 10.0. The fourth-order valence-electron chi connectivity index (χ4n) is 0.956. The first-order valence-electron chi connectivity index (χ1n) is 3.84. The predicted molar refractivity (Wildman–Crippen MR) is 47.5 cm³/mol. The minimum atomic E-state index is 0.842. The van der Waals surface area contributed by atoms with Crippen molar-refractivity contribution in [3.8, 4) is 0 Å². The Bertz CT molecular complexity index is 165. The van der Waals surface area contributed by atoms with Crippen molar-refractivity contribution in [2.24, 2.45) is 5.92 Å². The van der Waals surface area contributed by atoms with Gasteiger partial charge in [0, 0.05) is 0 Å². The smallest absolute Gasteiger partial charge is 0.00612 e. The van der Waals surface area contributed by atoms with Crippen molar-refractivity contribution >= 4 is 11.3 Å². The monoisotopic (exact) mass is 154 g/mol. The summed E-state index contributed by atoms with van der Waals surface area (Å²) in [6.07, 6.45) is 2.54. The topological polar surface area (TPSA) is 0 Å². The van der Waals surface area contributed by atoms with E-state index in [2.05, 4.69) is 30.7 Å². The van der Waals surface area contributed by atoms with Gasteiger partial charge < -0.3 is 0 Å². The number of hydrogen-bond donors (Lipinski definition) is 0. The van der Waals surface area contributed by atoms with Crippen molar-refractivity contribution in [2.75, 3.05) is 0 Å². The highest BCUT2D eigenvalue weighted by Gasteiger charge is 1.99. The molecule has 0 radical (unpaired) electrons. The Balaban J connectivity index is 2.40. The molecule has 1 heteroatoms. The van der Waals surface area contributed by atoms with Gasteiger partial charge in [0.15, 0.2) is 0 Å². The van der Waals surface area contributed by atoms with Crippen LogP contribution in [0, 0.1) is 5.92 Å². The van der Waals surface area contributed by atoms with Crippen LogP contribution in [0.2, 0.25) is 0 Å². The molecule has 0 saturated carbocycles. The van der Waals surface area contributed by atoms with E-state index < -0.39 is 0 Å². The molecule has 1 aromatic rings. The van der Waals surface area contributed by atoms with Crippen LogP contribution in [0.1, 0.15) is 25.8 Å². The third-order valence-corrected chi connectivity index (χ3v) is 2.59. The number of thiophene rings is 1. The van der Waals surface area contributed by atoms with Crippen molar-refractivity contribution in [2.45, 2.75) is 26.7 Å². The minimum absolute atomic E-state index is 0.842. The van der Waals surface area contributed by atoms with E-state index >= 15 is 0 Å². The second-order valence-electron chi connectivity index (χ2n) is 2.85. The molecular formula is C9H14S. The highest BCUT2D eigenvalue weighted by molar-refractivity contribution is 7.07. The Kier molecular flexibility index (Phi) is 2.94. The zero-order valence-corrected chi connectivity index (χ0v) is 7.45. The van der Waals surface area contributed by atoms with E-state index in [0.717, 1.165) is 5.92 Å². The normalized spacial score (nSPS) is 13.4. The first kappa shape index (κ1) is 7.80. The van der Waals surface area contributed by atoms with Crippen molar-refractivity contribution < 1.29 is 0 Å². The van der Waals surface area contributed by atoms with Gasteiger partial charge in [-0.05, 0) is 34.7 Å². The molecule has 0 saturated heterocycles. The molecule has 1 rings (SSSR count). The van der Waals surface area contributed by atoms with Gasteiger partial charge in [-0.2, -0.15) is 11.3 Å². The quantitative estimate of drug-likeness (QED) is 0.626. The number of rotatable bonds is 3. The van der Waals surface area contributed by atoms with Crippen LogP contribution in [-0.4, -0.2) is 0 Å². The van der Waals surface area contributed by atoms with Crippen LogP contribution < -0.4 is 0 Å². The third-order valence-electron chi connectivity index (χ3n) is 1.86. The van der Waals surface area contributed by atoms with Crippen molar-refractivity contribution in [1.29, 1.82) is 0 Å². The molecule has 1 unspecified atom stereocenters. The first-order chi connectivity index (χ1) is 4.83. The second-order valence-corrected chi connectivity index (χ2v) is 3.63. The van der Waals surface area contributed by atoms with Gasteiger partial charge in [0.2, 0.25) is 0 Å². The Morgan fingerprint density at radius 2 is 2.40 bits per heavy atom. The molecule has 0 aromatic carbocycles. The maximum atomic E-state index is 2.30. The van der Waals surface area contributed by atoms with Crippen LogP contribution in [0.4, 0.5) is 0 Å². The number of hydrogen-bond acceptors (Lipinski definition) is 1. The van der Waals surface area contributed by atoms with Gasteiger partial charge in [0.25, 0.3) is 0 Å². The molecular weight excluding hydrogens is 140 g/mol. The lowest BCUT2D eigenvalue weighted by Crippen LogP contribution is -1.95. The van der Waals surface area contributed by atoms with E-state index in [1.54, 1.807) is 11.3 Å². The molecule has 1 atom stereocenters. The summed E-state index contributed by atoms with van der Waals surface area (Å²) in [4.78, 5) is 0. The van der Waals surface area contributed by atoms with Crippen LogP contribution in [0.15, 0.2) is 16.8 Å². The standard InChI is InChI=1S/C9H14S/c1-3-8(2)6-9-4-5-10-7-9/h4-5,7-8H,3,6H2,1-2H3. The van der Waals surface area contributed by atoms with Crippen LogP contribution in [0.5, 0.6) is 0 Å². The van der Waals surface area contributed by atoms with Gasteiger partial charge in [-0.25, -0.2) is 0 Å². The van der Waals surface area contributed by atoms with E-state index in [0.29, 0.717) is 0 Å². The Labute approximate surface area is 66.9 Å². The zero-order chi connectivity index (χ0) is 7.40. The van der Waals surface area contributed by atoms with Crippen LogP contribution in [0.3, 0.4) is 0 Å². The summed E-state index contributed by atoms with van der Waals surface area (Å²) in [6.45, 7) is 4.55. The van der Waals surface area contributed by atoms with Crippen LogP contribution in [-0.2, 0) is 6.42 Å². The minimum Gasteiger partial charge on any atom is -0.152 e. The summed E-state index contributed by atoms with van der Waals surface area (Å²) < 4.78 is 0. The van der Waals surface area contributed by atoms with Crippen molar-refractivity contribution in [3.05, 3.63) is 22.4 Å². The lowest BCUT2D eigenvalue weighted by Gasteiger charge is -2.04. The highest BCUT2D eigenvalue weighted by Crippen LogP contribution is 2.13. The van der Waals surface area contributed by atoms with Crippen molar-refractivity contribution in [3.63, 3.8) is 0 Å². The molecule has 0 nitrogen and oxygen atoms in total. The summed E-state index contributed by atoms with van der Waals surface area (Å²) in [5.41, 5.74) is 1.50. The molecule has 0 amide bonds. The van der Waals surface area contributed by atoms with Gasteiger partial charge in [-0.3, -0.25) is 0 Å². The van der Waals surface area contributed by atoms with Gasteiger partial charge >= 0.3 is 0 Å². The van der Waals surface area contributed by atoms with E-state index in [1.165, 1.54) is 18.4 Å². The summed E-state index contributed by atoms with van der Waals surface area (Å²) in [5.74, 6) is 0.842. The van der Waals surface area contributed by atoms with E-state index in [1.807, 2.05) is 0 Å². The predicted octanol–water partition coefficient (Wildman–Crippen LogP) is 3.34. The average molecular weight is 154 g/mol. The molecule has 0 fully saturated rings. The van der Waals surface area contributed by atoms with E-state index in [9.17, 15) is 0 Å². The third kappa shape index (κ3) is 2.14. The molecule has 0 bridgehead atoms. The largest absolute Gasteiger partial charge is 0.152 e. The zero-order valence-electron chi connectivity index (χ0n) is 6.63. The Hall–Kier alpha value is -0.300. The van der Waals surface area contributed by atoms with Gasteiger partial charge in [0.1, 0.15) is 0 Å². The first-order valence-corrected chi connectivity index (χ1v) is 4.78. The molecule has 56 valence electrons. The fourth-order valence-corrected chi connectivity index (χ4v) is 1.64. The molecule has 1 heterocycles. The van der Waals surface area contributed by atoms with Gasteiger partial charge in [0.05, 0.1) is 0 Å². The van der Waals surface area contributed by atoms with Gasteiger partial charge in [-0.15, -0.1) is 0 Å². The SMILES string of the molecule is CCC(C)Cc1ccsc1. The molecule has 0 aliphatic carbocycles. The maximum absolute atomic E-state index is 2.30. The molecule has 0 aliphatic rings. The van der Waals surface area contributed by atoms with Gasteiger partial charge in [-0.1, -0.05) is 20.3 Å². The van der Waals surface area contributed by atoms with E-state index in [-0.39, 0.29) is 0 Å². The average Bonchev–Trinajstić information content (AvgIpc) is 2.40. The summed E-state index contributed by atoms with van der Waals surface area (Å²) in [6, 6.07) is 2.22. The molecule has 0 N–H and O–H groups in total. The molecule has 0 spiro atoms. The summed E-state index contributed by atoms with van der Waals surface area (Å²) >= 11 is 1.79. The summed E-state index contributed by atoms with van der Waals surface area (Å²) in [7, 11) is 0. The molecule has 10 heavy (non-hydrogen) atoms. The van der Waals surface area contributed by atoms with Crippen LogP contribution >= 0.6 is 11.3 Å². The lowest BCUT2D eigenvalue weighted by molar-refractivity contribution is 0.561. The van der Waals surface area contributed by atoms with Crippen LogP contribution in [0.25, 0.3) is 0 Å². The van der Waals surface area contributed by atoms with E-state index in [4.69, 9.17) is 0 Å². The highest BCUT2D eigenvalue weighted by atomic mass is 32.1. The van der Waals surface area contributed by atoms with Crippen molar-refractivity contribution in [1.82, 2.24) is 0 Å². The summed E-state index contributed by atoms with van der Waals surface area (Å²) in [5, 5.41) is 4.39. The molecule has 1 aromatic heterocycles. The Morgan fingerprint density at radius 1 is 1.60 bits per heavy atom.